The van der Waals surface area contributed by atoms with Crippen molar-refractivity contribution in [2.75, 3.05) is 80.5 Å². The molecule has 53 heteroatoms. The molecule has 0 aromatic rings. The van der Waals surface area contributed by atoms with E-state index in [9.17, 15) is 141 Å². The van der Waals surface area contributed by atoms with Crippen molar-refractivity contribution >= 4 is 31.5 Å². The van der Waals surface area contributed by atoms with Crippen LogP contribution in [0.2, 0.25) is 0 Å². The molecular weight excluding hydrogens is 1660 g/mol. The van der Waals surface area contributed by atoms with Crippen LogP contribution in [0.25, 0.3) is 0 Å². The molecule has 9 rings (SSSR count). The largest absolute Gasteiger partial charge is 0.472 e. The van der Waals surface area contributed by atoms with Crippen LogP contribution >= 0.6 is 7.82 Å². The predicted octanol–water partition coefficient (Wildman–Crippen LogP) is -17.1. The van der Waals surface area contributed by atoms with Crippen LogP contribution in [0.15, 0.2) is 0 Å². The molecule has 0 aromatic heterocycles. The first kappa shape index (κ1) is 100. The Labute approximate surface area is 684 Å². The summed E-state index contributed by atoms with van der Waals surface area (Å²) < 4.78 is 128. The zero-order valence-electron chi connectivity index (χ0n) is 66.3. The first-order chi connectivity index (χ1) is 56.2. The molecule has 0 aromatic carbocycles. The lowest BCUT2D eigenvalue weighted by Gasteiger charge is -2.52. The van der Waals surface area contributed by atoms with Gasteiger partial charge in [-0.1, -0.05) is 0 Å². The fraction of sp³-hybridized carbons (Fsp3) is 0.940. The van der Waals surface area contributed by atoms with Gasteiger partial charge in [-0.25, -0.2) is 4.57 Å². The molecule has 0 spiro atoms. The molecule has 27 N–H and O–H groups in total. The van der Waals surface area contributed by atoms with Crippen molar-refractivity contribution in [3.8, 4) is 0 Å². The van der Waals surface area contributed by atoms with Crippen LogP contribution in [0.1, 0.15) is 41.5 Å². The summed E-state index contributed by atoms with van der Waals surface area (Å²) in [5.74, 6) is -3.76. The Morgan fingerprint density at radius 3 is 1.22 bits per heavy atom. The van der Waals surface area contributed by atoms with Gasteiger partial charge in [-0.15, -0.1) is 0 Å². The molecule has 120 heavy (non-hydrogen) atoms. The van der Waals surface area contributed by atoms with Gasteiger partial charge in [-0.3, -0.25) is 28.2 Å². The van der Waals surface area contributed by atoms with Crippen LogP contribution in [-0.4, -0.2) is 502 Å². The molecular formula is C67H117N5O47P+. The maximum absolute atomic E-state index is 13.9. The lowest BCUT2D eigenvalue weighted by atomic mass is 9.93. The summed E-state index contributed by atoms with van der Waals surface area (Å²) in [6, 6.07) is -7.73. The van der Waals surface area contributed by atoms with Crippen molar-refractivity contribution in [2.24, 2.45) is 0 Å². The number of likely N-dealkylation sites (N-methyl/N-ethyl adjacent to an activating group) is 1. The number of aliphatic hydroxyl groups is 22. The number of ether oxygens (including phenoxy) is 17. The first-order valence-electron chi connectivity index (χ1n) is 38.5. The number of nitrogens with zero attached hydrogens (tertiary/aromatic N) is 1. The van der Waals surface area contributed by atoms with Gasteiger partial charge >= 0.3 is 7.82 Å². The summed E-state index contributed by atoms with van der Waals surface area (Å²) >= 11 is 0. The van der Waals surface area contributed by atoms with Crippen LogP contribution in [0.4, 0.5) is 0 Å². The molecule has 46 atom stereocenters. The van der Waals surface area contributed by atoms with E-state index in [4.69, 9.17) is 89.6 Å². The number of carbonyl (C=O) groups is 4. The molecule has 9 heterocycles. The minimum Gasteiger partial charge on any atom is -0.394 e. The molecule has 0 bridgehead atoms. The maximum Gasteiger partial charge on any atom is 0.472 e. The Kier molecular flexibility index (Phi) is 35.9. The van der Waals surface area contributed by atoms with Crippen molar-refractivity contribution < 1.29 is 235 Å². The smallest absolute Gasteiger partial charge is 0.394 e. The highest BCUT2D eigenvalue weighted by molar-refractivity contribution is 7.47. The third kappa shape index (κ3) is 23.8. The van der Waals surface area contributed by atoms with Gasteiger partial charge in [0.25, 0.3) is 0 Å². The van der Waals surface area contributed by atoms with Crippen molar-refractivity contribution in [3.05, 3.63) is 0 Å². The van der Waals surface area contributed by atoms with Crippen molar-refractivity contribution in [3.63, 3.8) is 0 Å². The number of hydrogen-bond acceptors (Lipinski definition) is 46. The highest BCUT2D eigenvalue weighted by Gasteiger charge is 2.62. The first-order valence-corrected chi connectivity index (χ1v) is 40.0. The summed E-state index contributed by atoms with van der Waals surface area (Å²) in [7, 11) is -0.200. The van der Waals surface area contributed by atoms with E-state index in [1.807, 2.05) is 0 Å². The Bertz CT molecular complexity index is 3300. The van der Waals surface area contributed by atoms with Crippen LogP contribution in [0.3, 0.4) is 0 Å². The molecule has 9 aliphatic rings. The molecule has 1 unspecified atom stereocenters. The average molecular weight is 1780 g/mol. The Morgan fingerprint density at radius 2 is 0.675 bits per heavy atom. The molecule has 0 saturated carbocycles. The van der Waals surface area contributed by atoms with Gasteiger partial charge in [0, 0.05) is 27.7 Å². The number of phosphoric ester groups is 1. The lowest BCUT2D eigenvalue weighted by molar-refractivity contribution is -0.870. The fourth-order valence-corrected chi connectivity index (χ4v) is 15.6. The zero-order chi connectivity index (χ0) is 88.9. The van der Waals surface area contributed by atoms with E-state index in [2.05, 4.69) is 21.3 Å². The normalized spacial score (nSPS) is 47.1. The third-order valence-electron chi connectivity index (χ3n) is 21.5. The van der Waals surface area contributed by atoms with Gasteiger partial charge in [0.15, 0.2) is 56.6 Å². The standard InChI is InChI=1S/C67H116N5O47P/c1-19-36(81)45(90)49(94)63(105-19)102-17-30-54(43(88)32(59(98)107-30)68-21(3)77)114-61-34(70-23(5)79)44(89)53(28(15-76)111-61)115-66-52(97)57(41(86)29(112-66)16-101-64-50(95)47(92)39(84)26(13-74)109-64)118-67-58(48(93)40(85)27(14-75)110-67)119-62-35(71-24(6)80)56(117-65-51(96)46(91)37(82)20(2)106-65)55(31(113-62)18-104-120(99,100)103-11-10-72(7,8)9)116-60-33(69-22(4)78)42(87)38(83)25(12-73)108-60/h19-20,25-67,73-76,81-98H,10-18H2,1-9H3,(H4-,68,69,70,71,77,78,79,80,99,100)/p+1/t19-,20-,25+,26+,27+,28+,29+,30+,31+,32+,33+,34+,35+,36+,37+,38-,39+,40+,41+,42+,43+,44+,45+,46+,47-,48-,49-,50-,51-,52-,53+,54+,55+,56+,57-,58-,59+,60-,61-,62-,63+,64-,65-,66-,67+/m0/s1. The molecule has 9 aliphatic heterocycles. The van der Waals surface area contributed by atoms with E-state index in [0.717, 1.165) is 27.7 Å². The zero-order valence-corrected chi connectivity index (χ0v) is 67.2. The summed E-state index contributed by atoms with van der Waals surface area (Å²) in [4.78, 5) is 63.5. The molecule has 9 saturated heterocycles. The highest BCUT2D eigenvalue weighted by Crippen LogP contribution is 2.46. The van der Waals surface area contributed by atoms with Gasteiger partial charge in [0.1, 0.15) is 220 Å². The SMILES string of the molecule is CC(=O)N[C@@H]1[C@@H](O)[C@H](O[C@@H]2O[C@H](CO)[C@@H](O[C@@H]3O[C@H](CO[C@H]4O[C@H](CO)[C@@H](O)[C@H](O)[C@@H]4O)[C@@H](O)[C@H](O[C@H]4O[C@H](CO)[C@@H](O)[C@H](O)[C@@H]4O[C@@H]4O[C@H](COP(=O)(O)OCC[N+](C)(C)C)[C@@H](O[C@@H]5O[C@H](CO)[C@H](O)[C@H](O)[C@H]5NC(C)=O)[C@H](O[C@@H]5O[C@@H](C)[C@@H](O)[C@@H](O)[C@@H]5O)[C@H]4NC(C)=O)[C@@H]3O)[C@H](O)[C@H]2NC(C)=O)[C@@H](CO[C@@H]2O[C@@H](C)[C@@H](O)[C@@H](O)[C@@H]2O)O[C@H]1O. The van der Waals surface area contributed by atoms with Gasteiger partial charge in [0.2, 0.25) is 23.6 Å². The monoisotopic (exact) mass is 1770 g/mol. The minimum absolute atomic E-state index is 0.0802. The van der Waals surface area contributed by atoms with Crippen LogP contribution in [-0.2, 0) is 113 Å². The van der Waals surface area contributed by atoms with E-state index < -0.39 is 360 Å². The second-order valence-corrected chi connectivity index (χ2v) is 33.1. The molecule has 696 valence electrons. The molecule has 4 amide bonds. The fourth-order valence-electron chi connectivity index (χ4n) is 14.9. The lowest BCUT2D eigenvalue weighted by Crippen LogP contribution is -2.72. The third-order valence-corrected chi connectivity index (χ3v) is 22.5. The predicted molar refractivity (Wildman–Crippen MR) is 378 cm³/mol. The molecule has 0 radical (unpaired) electrons. The summed E-state index contributed by atoms with van der Waals surface area (Å²) in [6.07, 6.45) is -85.1. The summed E-state index contributed by atoms with van der Waals surface area (Å²) in [6.45, 7) is -1.76. The van der Waals surface area contributed by atoms with E-state index in [-0.39, 0.29) is 11.0 Å². The van der Waals surface area contributed by atoms with Crippen LogP contribution in [0, 0.1) is 0 Å². The number of nitrogens with one attached hydrogen (secondary N) is 4. The quantitative estimate of drug-likeness (QED) is 0.0214. The maximum atomic E-state index is 13.9. The number of amides is 4. The van der Waals surface area contributed by atoms with Gasteiger partial charge in [0.05, 0.1) is 79.6 Å². The van der Waals surface area contributed by atoms with Crippen LogP contribution in [0.5, 0.6) is 0 Å². The minimum atomic E-state index is -5.32. The van der Waals surface area contributed by atoms with Crippen molar-refractivity contribution in [2.45, 2.75) is 318 Å². The second kappa shape index (κ2) is 43.0. The highest BCUT2D eigenvalue weighted by atomic mass is 31.2. The number of quaternary nitrogens is 1. The summed E-state index contributed by atoms with van der Waals surface area (Å²) in [5, 5.41) is 257. The van der Waals surface area contributed by atoms with Crippen LogP contribution < -0.4 is 21.3 Å². The molecule has 52 nitrogen and oxygen atoms in total. The van der Waals surface area contributed by atoms with E-state index in [1.54, 1.807) is 21.1 Å². The Balaban J connectivity index is 1.10. The number of aliphatic hydroxyl groups excluding tert-OH is 22. The number of hydrogen-bond donors (Lipinski definition) is 27. The number of rotatable bonds is 33. The van der Waals surface area contributed by atoms with Crippen molar-refractivity contribution in [1.29, 1.82) is 0 Å². The number of carbonyl (C=O) groups excluding carboxylic acids is 4. The second-order valence-electron chi connectivity index (χ2n) is 31.6. The van der Waals surface area contributed by atoms with Gasteiger partial charge in [-0.2, -0.15) is 0 Å². The molecule has 9 fully saturated rings. The van der Waals surface area contributed by atoms with E-state index in [1.165, 1.54) is 13.8 Å². The topological polar surface area (TPSA) is 774 Å². The Morgan fingerprint density at radius 1 is 0.317 bits per heavy atom. The Hall–Kier alpha value is -3.61. The summed E-state index contributed by atoms with van der Waals surface area (Å²) in [5.41, 5.74) is 0. The van der Waals surface area contributed by atoms with Gasteiger partial charge < -0.3 is 224 Å². The van der Waals surface area contributed by atoms with E-state index in [0.29, 0.717) is 0 Å². The molecule has 0 aliphatic carbocycles. The average Bonchev–Trinajstić information content (AvgIpc) is 0.758. The van der Waals surface area contributed by atoms with Crippen molar-refractivity contribution in [1.82, 2.24) is 21.3 Å². The number of phosphoric acid groups is 1. The van der Waals surface area contributed by atoms with Gasteiger partial charge in [-0.05, 0) is 13.8 Å². The van der Waals surface area contributed by atoms with E-state index >= 15 is 0 Å².